The lowest BCUT2D eigenvalue weighted by Crippen LogP contribution is -2.34. The number of benzene rings is 1. The van der Waals surface area contributed by atoms with E-state index in [0.717, 1.165) is 12.1 Å². The van der Waals surface area contributed by atoms with Crippen LogP contribution in [0, 0.1) is 20.2 Å². The van der Waals surface area contributed by atoms with Crippen LogP contribution in [0.5, 0.6) is 5.75 Å². The summed E-state index contributed by atoms with van der Waals surface area (Å²) in [5.74, 6) is -3.03. The number of nitrogens with zero attached hydrogens (tertiary/aromatic N) is 2. The van der Waals surface area contributed by atoms with Crippen molar-refractivity contribution in [3.8, 4) is 5.75 Å². The SMILES string of the molecule is CCC(O)(O)Oc1ccc([N+](=O)[O-])cc1[N+](=O)[O-]. The Kier molecular flexibility index (Phi) is 3.79. The fourth-order valence-corrected chi connectivity index (χ4v) is 1.10. The van der Waals surface area contributed by atoms with Crippen LogP contribution in [0.4, 0.5) is 11.4 Å². The van der Waals surface area contributed by atoms with Gasteiger partial charge in [0, 0.05) is 12.5 Å². The summed E-state index contributed by atoms with van der Waals surface area (Å²) in [5.41, 5.74) is -1.21. The molecule has 0 fully saturated rings. The second kappa shape index (κ2) is 4.94. The first-order valence-corrected chi connectivity index (χ1v) is 4.83. The molecule has 0 aliphatic heterocycles. The van der Waals surface area contributed by atoms with E-state index in [-0.39, 0.29) is 6.42 Å². The van der Waals surface area contributed by atoms with Crippen LogP contribution < -0.4 is 4.74 Å². The third-order valence-corrected chi connectivity index (χ3v) is 2.08. The Balaban J connectivity index is 3.20. The van der Waals surface area contributed by atoms with Crippen molar-refractivity contribution in [3.05, 3.63) is 38.4 Å². The normalized spacial score (nSPS) is 11.1. The van der Waals surface area contributed by atoms with Crippen LogP contribution in [-0.4, -0.2) is 26.0 Å². The summed E-state index contributed by atoms with van der Waals surface area (Å²) >= 11 is 0. The van der Waals surface area contributed by atoms with Gasteiger partial charge in [0.05, 0.1) is 15.9 Å². The van der Waals surface area contributed by atoms with Gasteiger partial charge < -0.3 is 14.9 Å². The van der Waals surface area contributed by atoms with Crippen molar-refractivity contribution in [3.63, 3.8) is 0 Å². The van der Waals surface area contributed by atoms with E-state index in [1.807, 2.05) is 0 Å². The lowest BCUT2D eigenvalue weighted by molar-refractivity contribution is -0.396. The Morgan fingerprint density at radius 1 is 1.28 bits per heavy atom. The van der Waals surface area contributed by atoms with Crippen molar-refractivity contribution in [2.24, 2.45) is 0 Å². The van der Waals surface area contributed by atoms with Gasteiger partial charge in [0.1, 0.15) is 0 Å². The molecule has 0 unspecified atom stereocenters. The van der Waals surface area contributed by atoms with E-state index in [1.165, 1.54) is 6.92 Å². The number of non-ortho nitro benzene ring substituents is 1. The molecule has 1 aromatic rings. The van der Waals surface area contributed by atoms with Crippen LogP contribution >= 0.6 is 0 Å². The van der Waals surface area contributed by atoms with E-state index in [4.69, 9.17) is 0 Å². The van der Waals surface area contributed by atoms with Gasteiger partial charge in [0.25, 0.3) is 5.69 Å². The summed E-state index contributed by atoms with van der Waals surface area (Å²) in [6, 6.07) is 2.59. The molecule has 1 aromatic carbocycles. The molecule has 2 N–H and O–H groups in total. The minimum absolute atomic E-state index is 0.235. The molecule has 0 heterocycles. The Morgan fingerprint density at radius 3 is 2.33 bits per heavy atom. The van der Waals surface area contributed by atoms with E-state index in [1.54, 1.807) is 0 Å². The summed E-state index contributed by atoms with van der Waals surface area (Å²) in [6.45, 7) is 1.39. The van der Waals surface area contributed by atoms with Gasteiger partial charge >= 0.3 is 11.7 Å². The van der Waals surface area contributed by atoms with E-state index >= 15 is 0 Å². The van der Waals surface area contributed by atoms with Crippen LogP contribution in [-0.2, 0) is 0 Å². The molecule has 9 heteroatoms. The van der Waals surface area contributed by atoms with Crippen LogP contribution in [0.15, 0.2) is 18.2 Å². The summed E-state index contributed by atoms with van der Waals surface area (Å²) in [6.07, 6.45) is -0.235. The number of nitro benzene ring substituents is 2. The van der Waals surface area contributed by atoms with Crippen LogP contribution in [0.2, 0.25) is 0 Å². The van der Waals surface area contributed by atoms with Gasteiger partial charge in [-0.1, -0.05) is 6.92 Å². The first kappa shape index (κ1) is 13.8. The van der Waals surface area contributed by atoms with Gasteiger partial charge in [-0.05, 0) is 6.07 Å². The van der Waals surface area contributed by atoms with E-state index in [9.17, 15) is 30.4 Å². The Morgan fingerprint density at radius 2 is 1.89 bits per heavy atom. The molecule has 0 bridgehead atoms. The molecule has 0 saturated heterocycles. The molecule has 0 amide bonds. The largest absolute Gasteiger partial charge is 0.432 e. The fourth-order valence-electron chi connectivity index (χ4n) is 1.10. The number of hydrogen-bond donors (Lipinski definition) is 2. The van der Waals surface area contributed by atoms with Crippen molar-refractivity contribution in [2.45, 2.75) is 19.3 Å². The van der Waals surface area contributed by atoms with Gasteiger partial charge in [-0.2, -0.15) is 0 Å². The molecule has 0 aliphatic carbocycles. The summed E-state index contributed by atoms with van der Waals surface area (Å²) in [5, 5.41) is 39.7. The average Bonchev–Trinajstić information content (AvgIpc) is 2.28. The van der Waals surface area contributed by atoms with Crippen molar-refractivity contribution in [2.75, 3.05) is 0 Å². The molecule has 0 atom stereocenters. The molecule has 9 nitrogen and oxygen atoms in total. The van der Waals surface area contributed by atoms with Gasteiger partial charge in [-0.3, -0.25) is 20.2 Å². The molecule has 0 aromatic heterocycles. The molecule has 18 heavy (non-hydrogen) atoms. The van der Waals surface area contributed by atoms with Crippen molar-refractivity contribution in [1.82, 2.24) is 0 Å². The zero-order valence-corrected chi connectivity index (χ0v) is 9.27. The first-order chi connectivity index (χ1) is 8.26. The zero-order chi connectivity index (χ0) is 13.9. The first-order valence-electron chi connectivity index (χ1n) is 4.83. The summed E-state index contributed by atoms with van der Waals surface area (Å²) in [4.78, 5) is 19.5. The average molecular weight is 258 g/mol. The molecular weight excluding hydrogens is 248 g/mol. The molecule has 0 aliphatic rings. The van der Waals surface area contributed by atoms with Crippen molar-refractivity contribution in [1.29, 1.82) is 0 Å². The number of rotatable bonds is 5. The number of ether oxygens (including phenoxy) is 1. The Bertz CT molecular complexity index is 486. The maximum Gasteiger partial charge on any atom is 0.321 e. The fraction of sp³-hybridized carbons (Fsp3) is 0.333. The number of aliphatic hydroxyl groups is 2. The lowest BCUT2D eigenvalue weighted by atomic mass is 10.2. The predicted octanol–water partition coefficient (Wildman–Crippen LogP) is 0.930. The Labute approximate surface area is 101 Å². The highest BCUT2D eigenvalue weighted by molar-refractivity contribution is 5.53. The summed E-state index contributed by atoms with van der Waals surface area (Å²) < 4.78 is 4.63. The van der Waals surface area contributed by atoms with Crippen LogP contribution in [0.25, 0.3) is 0 Å². The molecule has 0 radical (unpaired) electrons. The zero-order valence-electron chi connectivity index (χ0n) is 9.27. The van der Waals surface area contributed by atoms with E-state index in [2.05, 4.69) is 4.74 Å². The third-order valence-electron chi connectivity index (χ3n) is 2.08. The minimum Gasteiger partial charge on any atom is -0.432 e. The number of hydrogen-bond acceptors (Lipinski definition) is 7. The molecule has 98 valence electrons. The minimum atomic E-state index is -2.57. The highest BCUT2D eigenvalue weighted by Gasteiger charge is 2.29. The third kappa shape index (κ3) is 3.12. The standard InChI is InChI=1S/C9H10N2O7/c1-2-9(12,13)18-8-4-3-6(10(14)15)5-7(8)11(16)17/h3-5,12-13H,2H2,1H3. The lowest BCUT2D eigenvalue weighted by Gasteiger charge is -2.20. The monoisotopic (exact) mass is 258 g/mol. The van der Waals surface area contributed by atoms with E-state index in [0.29, 0.717) is 6.07 Å². The van der Waals surface area contributed by atoms with Crippen molar-refractivity contribution >= 4 is 11.4 Å². The van der Waals surface area contributed by atoms with Gasteiger partial charge in [0.15, 0.2) is 0 Å². The second-order valence-electron chi connectivity index (χ2n) is 3.37. The summed E-state index contributed by atoms with van der Waals surface area (Å²) in [7, 11) is 0. The molecular formula is C9H10N2O7. The molecule has 1 rings (SSSR count). The Hall–Kier alpha value is -2.26. The van der Waals surface area contributed by atoms with E-state index < -0.39 is 32.9 Å². The highest BCUT2D eigenvalue weighted by Crippen LogP contribution is 2.33. The second-order valence-corrected chi connectivity index (χ2v) is 3.37. The van der Waals surface area contributed by atoms with Gasteiger partial charge in [0.2, 0.25) is 5.75 Å². The van der Waals surface area contributed by atoms with Crippen LogP contribution in [0.3, 0.4) is 0 Å². The van der Waals surface area contributed by atoms with Gasteiger partial charge in [-0.15, -0.1) is 0 Å². The van der Waals surface area contributed by atoms with Crippen molar-refractivity contribution < 1.29 is 24.8 Å². The number of nitro groups is 2. The predicted molar refractivity (Wildman–Crippen MR) is 57.8 cm³/mol. The van der Waals surface area contributed by atoms with Crippen LogP contribution in [0.1, 0.15) is 13.3 Å². The highest BCUT2D eigenvalue weighted by atomic mass is 16.8. The molecule has 0 spiro atoms. The smallest absolute Gasteiger partial charge is 0.321 e. The molecule has 0 saturated carbocycles. The topological polar surface area (TPSA) is 136 Å². The maximum absolute atomic E-state index is 10.7. The van der Waals surface area contributed by atoms with Gasteiger partial charge in [-0.25, -0.2) is 0 Å². The quantitative estimate of drug-likeness (QED) is 0.455. The maximum atomic E-state index is 10.7.